The topological polar surface area (TPSA) is 66.9 Å². The Hall–Kier alpha value is -3.35. The van der Waals surface area contributed by atoms with Crippen LogP contribution in [0.2, 0.25) is 0 Å². The minimum Gasteiger partial charge on any atom is -0.322 e. The van der Waals surface area contributed by atoms with Gasteiger partial charge in [-0.05, 0) is 49.2 Å². The van der Waals surface area contributed by atoms with Crippen LogP contribution in [0.5, 0.6) is 0 Å². The Morgan fingerprint density at radius 1 is 0.962 bits per heavy atom. The van der Waals surface area contributed by atoms with E-state index in [4.69, 9.17) is 0 Å². The number of nitrogens with zero attached hydrogens (tertiary/aromatic N) is 2. The molecule has 26 heavy (non-hydrogen) atoms. The second kappa shape index (κ2) is 7.26. The molecule has 3 rings (SSSR count). The lowest BCUT2D eigenvalue weighted by molar-refractivity contribution is 0.102. The van der Waals surface area contributed by atoms with Crippen LogP contribution in [0.3, 0.4) is 0 Å². The molecule has 0 spiro atoms. The van der Waals surface area contributed by atoms with E-state index < -0.39 is 11.6 Å². The summed E-state index contributed by atoms with van der Waals surface area (Å²) in [6.45, 7) is 3.94. The van der Waals surface area contributed by atoms with Crippen molar-refractivity contribution in [1.29, 1.82) is 0 Å². The lowest BCUT2D eigenvalue weighted by Gasteiger charge is -2.09. The zero-order chi connectivity index (χ0) is 18.7. The van der Waals surface area contributed by atoms with Gasteiger partial charge in [-0.25, -0.2) is 18.7 Å². The predicted octanol–water partition coefficient (Wildman–Crippen LogP) is 4.37. The van der Waals surface area contributed by atoms with Crippen molar-refractivity contribution in [2.75, 3.05) is 10.6 Å². The van der Waals surface area contributed by atoms with Gasteiger partial charge < -0.3 is 10.6 Å². The van der Waals surface area contributed by atoms with Crippen molar-refractivity contribution in [3.05, 3.63) is 77.1 Å². The van der Waals surface area contributed by atoms with Crippen LogP contribution >= 0.6 is 0 Å². The summed E-state index contributed by atoms with van der Waals surface area (Å²) >= 11 is 0. The molecule has 1 amide bonds. The van der Waals surface area contributed by atoms with Crippen molar-refractivity contribution >= 4 is 23.2 Å². The number of benzene rings is 2. The summed E-state index contributed by atoms with van der Waals surface area (Å²) in [4.78, 5) is 20.1. The molecule has 0 unspecified atom stereocenters. The summed E-state index contributed by atoms with van der Waals surface area (Å²) < 4.78 is 27.2. The Kier molecular flexibility index (Phi) is 4.88. The lowest BCUT2D eigenvalue weighted by Crippen LogP contribution is -2.13. The van der Waals surface area contributed by atoms with Crippen LogP contribution in [0.25, 0.3) is 0 Å². The summed E-state index contributed by atoms with van der Waals surface area (Å²) in [7, 11) is 0. The van der Waals surface area contributed by atoms with E-state index in [9.17, 15) is 13.6 Å². The molecule has 5 nitrogen and oxygen atoms in total. The van der Waals surface area contributed by atoms with Gasteiger partial charge in [0.15, 0.2) is 0 Å². The minimum atomic E-state index is -0.759. The normalized spacial score (nSPS) is 10.5. The van der Waals surface area contributed by atoms with Gasteiger partial charge in [0.05, 0.1) is 5.56 Å². The highest BCUT2D eigenvalue weighted by Gasteiger charge is 2.12. The first-order valence-corrected chi connectivity index (χ1v) is 7.86. The first-order chi connectivity index (χ1) is 12.4. The largest absolute Gasteiger partial charge is 0.322 e. The Morgan fingerprint density at radius 2 is 1.62 bits per heavy atom. The zero-order valence-corrected chi connectivity index (χ0v) is 14.2. The maximum absolute atomic E-state index is 13.6. The molecule has 0 bridgehead atoms. The Bertz CT molecular complexity index is 938. The van der Waals surface area contributed by atoms with Crippen LogP contribution in [0.4, 0.5) is 26.1 Å². The highest BCUT2D eigenvalue weighted by atomic mass is 19.1. The molecule has 0 saturated heterocycles. The van der Waals surface area contributed by atoms with E-state index in [1.807, 2.05) is 26.0 Å². The number of anilines is 3. The number of hydrogen-bond donors (Lipinski definition) is 2. The van der Waals surface area contributed by atoms with Gasteiger partial charge in [-0.3, -0.25) is 4.79 Å². The van der Waals surface area contributed by atoms with Crippen LogP contribution in [-0.2, 0) is 0 Å². The molecule has 0 fully saturated rings. The number of hydrogen-bond acceptors (Lipinski definition) is 4. The second-order valence-corrected chi connectivity index (χ2v) is 5.77. The number of aryl methyl sites for hydroxylation is 2. The molecule has 1 aromatic heterocycles. The minimum absolute atomic E-state index is 0.0169. The molecule has 7 heteroatoms. The summed E-state index contributed by atoms with van der Waals surface area (Å²) in [6, 6.07) is 9.09. The number of rotatable bonds is 4. The highest BCUT2D eigenvalue weighted by Crippen LogP contribution is 2.21. The van der Waals surface area contributed by atoms with Crippen LogP contribution in [0.15, 0.2) is 48.8 Å². The Balaban J connectivity index is 1.72. The summed E-state index contributed by atoms with van der Waals surface area (Å²) in [5.74, 6) is -1.91. The summed E-state index contributed by atoms with van der Waals surface area (Å²) in [5.41, 5.74) is 2.73. The SMILES string of the molecule is Cc1ccc(NC(=O)c2cnc(Nc3c(F)cccc3F)nc2)cc1C. The lowest BCUT2D eigenvalue weighted by atomic mass is 10.1. The van der Waals surface area contributed by atoms with Crippen molar-refractivity contribution < 1.29 is 13.6 Å². The van der Waals surface area contributed by atoms with Gasteiger partial charge in [0.2, 0.25) is 5.95 Å². The number of halogens is 2. The van der Waals surface area contributed by atoms with E-state index in [0.29, 0.717) is 5.69 Å². The highest BCUT2D eigenvalue weighted by molar-refractivity contribution is 6.03. The molecule has 2 aromatic carbocycles. The number of aromatic nitrogens is 2. The second-order valence-electron chi connectivity index (χ2n) is 5.77. The molecule has 0 aliphatic heterocycles. The Morgan fingerprint density at radius 3 is 2.23 bits per heavy atom. The Labute approximate surface area is 149 Å². The monoisotopic (exact) mass is 354 g/mol. The molecule has 3 aromatic rings. The molecule has 1 heterocycles. The number of amides is 1. The van der Waals surface area contributed by atoms with Gasteiger partial charge in [-0.1, -0.05) is 12.1 Å². The molecule has 0 saturated carbocycles. The summed E-state index contributed by atoms with van der Waals surface area (Å²) in [6.07, 6.45) is 2.56. The van der Waals surface area contributed by atoms with E-state index in [1.165, 1.54) is 18.5 Å². The third-order valence-corrected chi connectivity index (χ3v) is 3.88. The molecule has 132 valence electrons. The average molecular weight is 354 g/mol. The van der Waals surface area contributed by atoms with Crippen LogP contribution < -0.4 is 10.6 Å². The maximum Gasteiger partial charge on any atom is 0.258 e. The van der Waals surface area contributed by atoms with Crippen molar-refractivity contribution in [3.8, 4) is 0 Å². The molecule has 0 aliphatic rings. The zero-order valence-electron chi connectivity index (χ0n) is 14.2. The van der Waals surface area contributed by atoms with Crippen LogP contribution in [0.1, 0.15) is 21.5 Å². The third-order valence-electron chi connectivity index (χ3n) is 3.88. The molecule has 0 aliphatic carbocycles. The fraction of sp³-hybridized carbons (Fsp3) is 0.105. The van der Waals surface area contributed by atoms with E-state index >= 15 is 0 Å². The number of para-hydroxylation sites is 1. The summed E-state index contributed by atoms with van der Waals surface area (Å²) in [5, 5.41) is 5.22. The quantitative estimate of drug-likeness (QED) is 0.730. The molecular formula is C19H16F2N4O. The van der Waals surface area contributed by atoms with Gasteiger partial charge in [0.1, 0.15) is 17.3 Å². The molecule has 0 radical (unpaired) electrons. The first kappa shape index (κ1) is 17.5. The van der Waals surface area contributed by atoms with Crippen molar-refractivity contribution in [3.63, 3.8) is 0 Å². The standard InChI is InChI=1S/C19H16F2N4O/c1-11-6-7-14(8-12(11)2)24-18(26)13-9-22-19(23-10-13)25-17-15(20)4-3-5-16(17)21/h3-10H,1-2H3,(H,24,26)(H,22,23,25). The van der Waals surface area contributed by atoms with Gasteiger partial charge in [-0.15, -0.1) is 0 Å². The van der Waals surface area contributed by atoms with E-state index in [0.717, 1.165) is 23.3 Å². The third kappa shape index (κ3) is 3.83. The first-order valence-electron chi connectivity index (χ1n) is 7.86. The van der Waals surface area contributed by atoms with E-state index in [2.05, 4.69) is 20.6 Å². The van der Waals surface area contributed by atoms with Gasteiger partial charge in [0.25, 0.3) is 5.91 Å². The fourth-order valence-corrected chi connectivity index (χ4v) is 2.26. The van der Waals surface area contributed by atoms with Gasteiger partial charge in [-0.2, -0.15) is 0 Å². The van der Waals surface area contributed by atoms with Crippen LogP contribution in [-0.4, -0.2) is 15.9 Å². The molecular weight excluding hydrogens is 338 g/mol. The van der Waals surface area contributed by atoms with Gasteiger partial charge in [0, 0.05) is 18.1 Å². The smallest absolute Gasteiger partial charge is 0.258 e. The van der Waals surface area contributed by atoms with Gasteiger partial charge >= 0.3 is 0 Å². The van der Waals surface area contributed by atoms with Crippen molar-refractivity contribution in [1.82, 2.24) is 9.97 Å². The van der Waals surface area contributed by atoms with Crippen molar-refractivity contribution in [2.24, 2.45) is 0 Å². The fourth-order valence-electron chi connectivity index (χ4n) is 2.26. The predicted molar refractivity (Wildman–Crippen MR) is 95.5 cm³/mol. The average Bonchev–Trinajstić information content (AvgIpc) is 2.62. The molecule has 0 atom stereocenters. The number of carbonyl (C=O) groups is 1. The number of carbonyl (C=O) groups excluding carboxylic acids is 1. The molecule has 2 N–H and O–H groups in total. The van der Waals surface area contributed by atoms with Crippen LogP contribution in [0, 0.1) is 25.5 Å². The maximum atomic E-state index is 13.6. The van der Waals surface area contributed by atoms with Crippen molar-refractivity contribution in [2.45, 2.75) is 13.8 Å². The van der Waals surface area contributed by atoms with E-state index in [1.54, 1.807) is 6.07 Å². The number of nitrogens with one attached hydrogen (secondary N) is 2. The van der Waals surface area contributed by atoms with E-state index in [-0.39, 0.29) is 23.1 Å².